The number of nitrogens with zero attached hydrogens (tertiary/aromatic N) is 2. The lowest BCUT2D eigenvalue weighted by atomic mass is 10.1. The quantitative estimate of drug-likeness (QED) is 0.674. The molecule has 1 N–H and O–H groups in total. The second-order valence-electron chi connectivity index (χ2n) is 5.03. The maximum Gasteiger partial charge on any atom is 0.295 e. The van der Waals surface area contributed by atoms with E-state index in [1.807, 2.05) is 17.8 Å². The topological polar surface area (TPSA) is 68.1 Å². The molecule has 0 saturated heterocycles. The number of fused-ring (bicyclic) bond motifs is 1. The molecule has 1 heterocycles. The van der Waals surface area contributed by atoms with Gasteiger partial charge in [-0.2, -0.15) is 11.8 Å². The van der Waals surface area contributed by atoms with Crippen LogP contribution in [0, 0.1) is 10.1 Å². The summed E-state index contributed by atoms with van der Waals surface area (Å²) in [5, 5.41) is 15.3. The van der Waals surface area contributed by atoms with E-state index in [-0.39, 0.29) is 10.6 Å². The zero-order valence-corrected chi connectivity index (χ0v) is 11.9. The first-order valence-electron chi connectivity index (χ1n) is 6.46. The van der Waals surface area contributed by atoms with Gasteiger partial charge in [0.2, 0.25) is 0 Å². The number of nitro benzene ring substituents is 1. The number of rotatable bonds is 5. The summed E-state index contributed by atoms with van der Waals surface area (Å²) in [7, 11) is 0. The molecule has 20 heavy (non-hydrogen) atoms. The number of pyridine rings is 1. The van der Waals surface area contributed by atoms with Gasteiger partial charge >= 0.3 is 0 Å². The molecule has 3 rings (SSSR count). The lowest BCUT2D eigenvalue weighted by Gasteiger charge is -2.15. The fourth-order valence-electron chi connectivity index (χ4n) is 2.31. The lowest BCUT2D eigenvalue weighted by Crippen LogP contribution is -2.17. The molecule has 1 aliphatic carbocycles. The van der Waals surface area contributed by atoms with Crippen LogP contribution in [0.15, 0.2) is 30.5 Å². The Morgan fingerprint density at radius 1 is 1.45 bits per heavy atom. The van der Waals surface area contributed by atoms with Gasteiger partial charge in [0, 0.05) is 34.6 Å². The van der Waals surface area contributed by atoms with Crippen molar-refractivity contribution in [2.75, 3.05) is 18.1 Å². The minimum absolute atomic E-state index is 0.0529. The second kappa shape index (κ2) is 4.94. The Bertz CT molecular complexity index is 671. The highest BCUT2D eigenvalue weighted by molar-refractivity contribution is 8.00. The van der Waals surface area contributed by atoms with E-state index in [1.165, 1.54) is 18.9 Å². The summed E-state index contributed by atoms with van der Waals surface area (Å²) in [5.74, 6) is 0. The predicted molar refractivity (Wildman–Crippen MR) is 82.4 cm³/mol. The van der Waals surface area contributed by atoms with E-state index in [0.717, 1.165) is 17.6 Å². The van der Waals surface area contributed by atoms with Gasteiger partial charge in [0.25, 0.3) is 5.69 Å². The highest BCUT2D eigenvalue weighted by atomic mass is 32.2. The van der Waals surface area contributed by atoms with Crippen molar-refractivity contribution < 1.29 is 4.92 Å². The summed E-state index contributed by atoms with van der Waals surface area (Å²) in [4.78, 5) is 14.8. The molecule has 5 nitrogen and oxygen atoms in total. The van der Waals surface area contributed by atoms with Crippen molar-refractivity contribution >= 4 is 34.0 Å². The standard InChI is InChI=1S/C14H15N3O2S/c1-20-14(6-7-14)9-16-11-4-5-12(17(18)19)13-10(11)3-2-8-15-13/h2-5,8,16H,6-7,9H2,1H3. The molecule has 6 heteroatoms. The number of benzene rings is 1. The number of aromatic nitrogens is 1. The fraction of sp³-hybridized carbons (Fsp3) is 0.357. The molecule has 1 aromatic carbocycles. The SMILES string of the molecule is CSC1(CNc2ccc([N+](=O)[O-])c3ncccc23)CC1. The molecule has 0 bridgehead atoms. The highest BCUT2D eigenvalue weighted by Gasteiger charge is 2.41. The molecule has 0 aliphatic heterocycles. The zero-order valence-electron chi connectivity index (χ0n) is 11.1. The van der Waals surface area contributed by atoms with Crippen LogP contribution < -0.4 is 5.32 Å². The average molecular weight is 289 g/mol. The fourth-order valence-corrected chi connectivity index (χ4v) is 3.03. The summed E-state index contributed by atoms with van der Waals surface area (Å²) in [5.41, 5.74) is 1.41. The van der Waals surface area contributed by atoms with Crippen LogP contribution in [0.2, 0.25) is 0 Å². The minimum atomic E-state index is -0.386. The van der Waals surface area contributed by atoms with E-state index in [4.69, 9.17) is 0 Å². The van der Waals surface area contributed by atoms with E-state index in [2.05, 4.69) is 16.6 Å². The Hall–Kier alpha value is -1.82. The summed E-state index contributed by atoms with van der Waals surface area (Å²) in [6, 6.07) is 6.98. The third-order valence-electron chi connectivity index (χ3n) is 3.79. The Labute approximate surface area is 120 Å². The first-order valence-corrected chi connectivity index (χ1v) is 7.69. The predicted octanol–water partition coefficient (Wildman–Crippen LogP) is 3.45. The van der Waals surface area contributed by atoms with Crippen molar-refractivity contribution in [1.29, 1.82) is 0 Å². The maximum absolute atomic E-state index is 11.0. The second-order valence-corrected chi connectivity index (χ2v) is 6.30. The van der Waals surface area contributed by atoms with E-state index < -0.39 is 0 Å². The average Bonchev–Trinajstić information content (AvgIpc) is 3.25. The molecule has 0 atom stereocenters. The van der Waals surface area contributed by atoms with Crippen LogP contribution in [0.1, 0.15) is 12.8 Å². The number of hydrogen-bond acceptors (Lipinski definition) is 5. The van der Waals surface area contributed by atoms with Crippen LogP contribution in [-0.4, -0.2) is 27.5 Å². The molecule has 0 unspecified atom stereocenters. The number of non-ortho nitro benzene ring substituents is 1. The van der Waals surface area contributed by atoms with Crippen molar-refractivity contribution in [2.45, 2.75) is 17.6 Å². The van der Waals surface area contributed by atoms with Gasteiger partial charge in [-0.1, -0.05) is 0 Å². The smallest absolute Gasteiger partial charge is 0.295 e. The van der Waals surface area contributed by atoms with Crippen molar-refractivity contribution in [3.8, 4) is 0 Å². The minimum Gasteiger partial charge on any atom is -0.383 e. The number of hydrogen-bond donors (Lipinski definition) is 1. The molecule has 104 valence electrons. The Balaban J connectivity index is 1.96. The normalized spacial score (nSPS) is 16.1. The van der Waals surface area contributed by atoms with Gasteiger partial charge in [-0.25, -0.2) is 4.98 Å². The largest absolute Gasteiger partial charge is 0.383 e. The zero-order chi connectivity index (χ0) is 14.2. The van der Waals surface area contributed by atoms with Gasteiger partial charge in [-0.15, -0.1) is 0 Å². The third-order valence-corrected chi connectivity index (χ3v) is 5.21. The molecular formula is C14H15N3O2S. The van der Waals surface area contributed by atoms with Crippen molar-refractivity contribution in [3.05, 3.63) is 40.6 Å². The Kier molecular flexibility index (Phi) is 3.25. The first kappa shape index (κ1) is 13.2. The molecule has 0 amide bonds. The van der Waals surface area contributed by atoms with Gasteiger partial charge in [-0.3, -0.25) is 10.1 Å². The van der Waals surface area contributed by atoms with Crippen LogP contribution in [0.4, 0.5) is 11.4 Å². The van der Waals surface area contributed by atoms with Crippen molar-refractivity contribution in [1.82, 2.24) is 4.98 Å². The number of nitro groups is 1. The summed E-state index contributed by atoms with van der Waals surface area (Å²) >= 11 is 1.88. The van der Waals surface area contributed by atoms with Crippen LogP contribution >= 0.6 is 11.8 Å². The van der Waals surface area contributed by atoms with E-state index >= 15 is 0 Å². The first-order chi connectivity index (χ1) is 9.65. The van der Waals surface area contributed by atoms with E-state index in [9.17, 15) is 10.1 Å². The molecule has 0 spiro atoms. The monoisotopic (exact) mass is 289 g/mol. The summed E-state index contributed by atoms with van der Waals surface area (Å²) < 4.78 is 0.344. The molecule has 1 aliphatic rings. The van der Waals surface area contributed by atoms with Crippen LogP contribution in [0.25, 0.3) is 10.9 Å². The molecule has 1 aromatic heterocycles. The molecule has 1 fully saturated rings. The van der Waals surface area contributed by atoms with Crippen molar-refractivity contribution in [3.63, 3.8) is 0 Å². The van der Waals surface area contributed by atoms with Gasteiger partial charge in [0.05, 0.1) is 4.92 Å². The van der Waals surface area contributed by atoms with E-state index in [0.29, 0.717) is 10.3 Å². The number of anilines is 1. The van der Waals surface area contributed by atoms with Crippen LogP contribution in [-0.2, 0) is 0 Å². The van der Waals surface area contributed by atoms with Crippen molar-refractivity contribution in [2.24, 2.45) is 0 Å². The van der Waals surface area contributed by atoms with E-state index in [1.54, 1.807) is 18.3 Å². The summed E-state index contributed by atoms with van der Waals surface area (Å²) in [6.45, 7) is 0.885. The Morgan fingerprint density at radius 3 is 2.90 bits per heavy atom. The van der Waals surface area contributed by atoms with Crippen LogP contribution in [0.3, 0.4) is 0 Å². The van der Waals surface area contributed by atoms with Gasteiger partial charge in [0.1, 0.15) is 5.52 Å². The van der Waals surface area contributed by atoms with Gasteiger partial charge in [0.15, 0.2) is 0 Å². The number of thioether (sulfide) groups is 1. The molecule has 1 saturated carbocycles. The lowest BCUT2D eigenvalue weighted by molar-refractivity contribution is -0.383. The third kappa shape index (κ3) is 2.31. The maximum atomic E-state index is 11.0. The van der Waals surface area contributed by atoms with Gasteiger partial charge in [-0.05, 0) is 37.3 Å². The highest BCUT2D eigenvalue weighted by Crippen LogP contribution is 2.47. The number of nitrogens with one attached hydrogen (secondary N) is 1. The van der Waals surface area contributed by atoms with Crippen LogP contribution in [0.5, 0.6) is 0 Å². The molecular weight excluding hydrogens is 274 g/mol. The molecule has 2 aromatic rings. The Morgan fingerprint density at radius 2 is 2.25 bits per heavy atom. The molecule has 0 radical (unpaired) electrons. The summed E-state index contributed by atoms with van der Waals surface area (Å²) in [6.07, 6.45) is 6.17. The van der Waals surface area contributed by atoms with Gasteiger partial charge < -0.3 is 5.32 Å².